The van der Waals surface area contributed by atoms with Gasteiger partial charge in [0.1, 0.15) is 6.10 Å². The molecule has 1 unspecified atom stereocenters. The summed E-state index contributed by atoms with van der Waals surface area (Å²) in [6, 6.07) is 3.61. The first-order valence-electron chi connectivity index (χ1n) is 4.04. The Balaban J connectivity index is 2.62. The van der Waals surface area contributed by atoms with Crippen LogP contribution in [0.4, 0.5) is 0 Å². The number of nitrogens with zero attached hydrogens (tertiary/aromatic N) is 1. The SMILES string of the molecule is CN(CC(O)c1cccs1)S(C)(=O)=O. The van der Waals surface area contributed by atoms with E-state index in [0.29, 0.717) is 0 Å². The Morgan fingerprint density at radius 3 is 2.71 bits per heavy atom. The average molecular weight is 235 g/mol. The molecule has 0 bridgehead atoms. The van der Waals surface area contributed by atoms with Gasteiger partial charge in [-0.2, -0.15) is 0 Å². The highest BCUT2D eigenvalue weighted by Crippen LogP contribution is 2.19. The van der Waals surface area contributed by atoms with E-state index < -0.39 is 16.1 Å². The molecule has 1 N–H and O–H groups in total. The molecule has 14 heavy (non-hydrogen) atoms. The molecule has 1 heterocycles. The van der Waals surface area contributed by atoms with Crippen LogP contribution in [0.15, 0.2) is 17.5 Å². The van der Waals surface area contributed by atoms with Crippen molar-refractivity contribution in [1.82, 2.24) is 4.31 Å². The highest BCUT2D eigenvalue weighted by Gasteiger charge is 2.17. The maximum atomic E-state index is 11.1. The van der Waals surface area contributed by atoms with Crippen molar-refractivity contribution in [3.05, 3.63) is 22.4 Å². The second kappa shape index (κ2) is 4.39. The Kier molecular flexibility index (Phi) is 3.65. The van der Waals surface area contributed by atoms with Gasteiger partial charge >= 0.3 is 0 Å². The van der Waals surface area contributed by atoms with E-state index in [2.05, 4.69) is 0 Å². The van der Waals surface area contributed by atoms with Gasteiger partial charge in [0.05, 0.1) is 6.26 Å². The van der Waals surface area contributed by atoms with Crippen molar-refractivity contribution < 1.29 is 13.5 Å². The van der Waals surface area contributed by atoms with Crippen molar-refractivity contribution in [1.29, 1.82) is 0 Å². The number of hydrogen-bond acceptors (Lipinski definition) is 4. The Bertz CT molecular complexity index is 371. The average Bonchev–Trinajstić information content (AvgIpc) is 2.53. The molecule has 0 aliphatic rings. The molecule has 0 aliphatic carbocycles. The molecular weight excluding hydrogens is 222 g/mol. The smallest absolute Gasteiger partial charge is 0.211 e. The minimum atomic E-state index is -3.21. The molecule has 1 rings (SSSR count). The molecule has 0 saturated carbocycles. The molecule has 0 fully saturated rings. The van der Waals surface area contributed by atoms with E-state index in [1.54, 1.807) is 6.07 Å². The Hall–Kier alpha value is -0.430. The Labute approximate surface area is 87.8 Å². The van der Waals surface area contributed by atoms with Crippen LogP contribution in [0, 0.1) is 0 Å². The summed E-state index contributed by atoms with van der Waals surface area (Å²) in [6.07, 6.45) is 0.378. The van der Waals surface area contributed by atoms with Gasteiger partial charge in [-0.15, -0.1) is 11.3 Å². The van der Waals surface area contributed by atoms with Crippen LogP contribution in [-0.2, 0) is 10.0 Å². The van der Waals surface area contributed by atoms with Gasteiger partial charge in [-0.1, -0.05) is 6.07 Å². The largest absolute Gasteiger partial charge is 0.386 e. The summed E-state index contributed by atoms with van der Waals surface area (Å²) < 4.78 is 23.2. The summed E-state index contributed by atoms with van der Waals surface area (Å²) in [5.41, 5.74) is 0. The number of aliphatic hydroxyl groups is 1. The summed E-state index contributed by atoms with van der Waals surface area (Å²) in [5.74, 6) is 0. The molecule has 0 aromatic carbocycles. The van der Waals surface area contributed by atoms with E-state index in [1.165, 1.54) is 18.4 Å². The van der Waals surface area contributed by atoms with Crippen molar-refractivity contribution in [3.63, 3.8) is 0 Å². The van der Waals surface area contributed by atoms with Gasteiger partial charge in [0.15, 0.2) is 0 Å². The van der Waals surface area contributed by atoms with E-state index >= 15 is 0 Å². The molecule has 0 aliphatic heterocycles. The first-order chi connectivity index (χ1) is 6.41. The van der Waals surface area contributed by atoms with E-state index in [4.69, 9.17) is 0 Å². The van der Waals surface area contributed by atoms with Crippen molar-refractivity contribution >= 4 is 21.4 Å². The molecule has 1 aromatic heterocycles. The molecule has 0 amide bonds. The van der Waals surface area contributed by atoms with Gasteiger partial charge in [-0.05, 0) is 11.4 Å². The summed E-state index contributed by atoms with van der Waals surface area (Å²) >= 11 is 1.41. The molecule has 6 heteroatoms. The summed E-state index contributed by atoms with van der Waals surface area (Å²) in [7, 11) is -1.76. The van der Waals surface area contributed by atoms with Crippen LogP contribution in [0.1, 0.15) is 11.0 Å². The van der Waals surface area contributed by atoms with Gasteiger partial charge in [0.2, 0.25) is 10.0 Å². The summed E-state index contributed by atoms with van der Waals surface area (Å²) in [4.78, 5) is 0.778. The summed E-state index contributed by atoms with van der Waals surface area (Å²) in [6.45, 7) is 0.0966. The van der Waals surface area contributed by atoms with Crippen LogP contribution in [0.2, 0.25) is 0 Å². The van der Waals surface area contributed by atoms with Crippen LogP contribution in [0.3, 0.4) is 0 Å². The van der Waals surface area contributed by atoms with E-state index in [9.17, 15) is 13.5 Å². The second-order valence-electron chi connectivity index (χ2n) is 3.07. The van der Waals surface area contributed by atoms with Crippen LogP contribution in [0.25, 0.3) is 0 Å². The normalized spacial score (nSPS) is 14.6. The monoisotopic (exact) mass is 235 g/mol. The van der Waals surface area contributed by atoms with Crippen molar-refractivity contribution in [2.75, 3.05) is 19.8 Å². The lowest BCUT2D eigenvalue weighted by atomic mass is 10.3. The first kappa shape index (κ1) is 11.6. The van der Waals surface area contributed by atoms with Gasteiger partial charge in [-0.3, -0.25) is 0 Å². The highest BCUT2D eigenvalue weighted by molar-refractivity contribution is 7.88. The first-order valence-corrected chi connectivity index (χ1v) is 6.77. The number of hydrogen-bond donors (Lipinski definition) is 1. The fourth-order valence-corrected chi connectivity index (χ4v) is 2.06. The fraction of sp³-hybridized carbons (Fsp3) is 0.500. The third-order valence-electron chi connectivity index (χ3n) is 1.87. The third kappa shape index (κ3) is 3.06. The Morgan fingerprint density at radius 1 is 1.64 bits per heavy atom. The Morgan fingerprint density at radius 2 is 2.29 bits per heavy atom. The van der Waals surface area contributed by atoms with E-state index in [-0.39, 0.29) is 6.54 Å². The highest BCUT2D eigenvalue weighted by atomic mass is 32.2. The topological polar surface area (TPSA) is 57.6 Å². The lowest BCUT2D eigenvalue weighted by molar-refractivity contribution is 0.158. The van der Waals surface area contributed by atoms with Gasteiger partial charge < -0.3 is 5.11 Å². The third-order valence-corrected chi connectivity index (χ3v) is 4.12. The van der Waals surface area contributed by atoms with Crippen molar-refractivity contribution in [2.24, 2.45) is 0 Å². The summed E-state index contributed by atoms with van der Waals surface area (Å²) in [5, 5.41) is 11.5. The number of thiophene rings is 1. The molecule has 1 aromatic rings. The number of likely N-dealkylation sites (N-methyl/N-ethyl adjacent to an activating group) is 1. The van der Waals surface area contributed by atoms with Gasteiger partial charge in [0, 0.05) is 18.5 Å². The minimum absolute atomic E-state index is 0.0966. The molecule has 0 spiro atoms. The standard InChI is InChI=1S/C8H13NO3S2/c1-9(14(2,11)12)6-7(10)8-4-3-5-13-8/h3-5,7,10H,6H2,1-2H3. The molecular formula is C8H13NO3S2. The molecule has 0 radical (unpaired) electrons. The van der Waals surface area contributed by atoms with Gasteiger partial charge in [0.25, 0.3) is 0 Å². The lowest BCUT2D eigenvalue weighted by Crippen LogP contribution is -2.29. The zero-order valence-electron chi connectivity index (χ0n) is 8.04. The maximum Gasteiger partial charge on any atom is 0.211 e. The maximum absolute atomic E-state index is 11.1. The van der Waals surface area contributed by atoms with Crippen LogP contribution in [0.5, 0.6) is 0 Å². The molecule has 1 atom stereocenters. The zero-order chi connectivity index (χ0) is 10.8. The predicted octanol–water partition coefficient (Wildman–Crippen LogP) is 0.673. The van der Waals surface area contributed by atoms with E-state index in [1.807, 2.05) is 11.4 Å². The number of aliphatic hydroxyl groups excluding tert-OH is 1. The van der Waals surface area contributed by atoms with Crippen molar-refractivity contribution in [2.45, 2.75) is 6.10 Å². The zero-order valence-corrected chi connectivity index (χ0v) is 9.68. The van der Waals surface area contributed by atoms with Crippen LogP contribution in [-0.4, -0.2) is 37.7 Å². The number of rotatable bonds is 4. The number of sulfonamides is 1. The minimum Gasteiger partial charge on any atom is -0.386 e. The van der Waals surface area contributed by atoms with Crippen molar-refractivity contribution in [3.8, 4) is 0 Å². The quantitative estimate of drug-likeness (QED) is 0.834. The second-order valence-corrected chi connectivity index (χ2v) is 6.14. The van der Waals surface area contributed by atoms with Gasteiger partial charge in [-0.25, -0.2) is 12.7 Å². The predicted molar refractivity (Wildman–Crippen MR) is 56.8 cm³/mol. The van der Waals surface area contributed by atoms with Crippen LogP contribution >= 0.6 is 11.3 Å². The molecule has 0 saturated heterocycles. The molecule has 4 nitrogen and oxygen atoms in total. The lowest BCUT2D eigenvalue weighted by Gasteiger charge is -2.17. The fourth-order valence-electron chi connectivity index (χ4n) is 0.950. The van der Waals surface area contributed by atoms with Crippen LogP contribution < -0.4 is 0 Å². The van der Waals surface area contributed by atoms with E-state index in [0.717, 1.165) is 15.4 Å². The molecule has 80 valence electrons.